The molecule has 0 atom stereocenters. The summed E-state index contributed by atoms with van der Waals surface area (Å²) in [7, 11) is -4.51. The van der Waals surface area contributed by atoms with E-state index in [1.54, 1.807) is 0 Å². The summed E-state index contributed by atoms with van der Waals surface area (Å²) >= 11 is 0. The third kappa shape index (κ3) is 3.44. The van der Waals surface area contributed by atoms with Gasteiger partial charge in [0.15, 0.2) is 0 Å². The van der Waals surface area contributed by atoms with E-state index < -0.39 is 26.8 Å². The molecule has 8 heteroatoms. The summed E-state index contributed by atoms with van der Waals surface area (Å²) in [5.41, 5.74) is 0.552. The van der Waals surface area contributed by atoms with Gasteiger partial charge in [0.25, 0.3) is 0 Å². The lowest BCUT2D eigenvalue weighted by Crippen LogP contribution is -2.41. The van der Waals surface area contributed by atoms with E-state index in [9.17, 15) is 17.4 Å². The van der Waals surface area contributed by atoms with Crippen molar-refractivity contribution in [2.45, 2.75) is 11.3 Å². The zero-order chi connectivity index (χ0) is 14.8. The SMILES string of the molecule is O=C(O)Cc1ccc(S(=O)(=O)N2CCS(=O)CC2)cc1. The van der Waals surface area contributed by atoms with Gasteiger partial charge in [-0.3, -0.25) is 9.00 Å². The van der Waals surface area contributed by atoms with E-state index in [1.807, 2.05) is 0 Å². The van der Waals surface area contributed by atoms with E-state index in [4.69, 9.17) is 5.11 Å². The molecule has 1 N–H and O–H groups in total. The van der Waals surface area contributed by atoms with Crippen molar-refractivity contribution in [3.05, 3.63) is 29.8 Å². The molecule has 1 aromatic carbocycles. The highest BCUT2D eigenvalue weighted by Gasteiger charge is 2.27. The number of hydrogen-bond acceptors (Lipinski definition) is 4. The van der Waals surface area contributed by atoms with Crippen molar-refractivity contribution < 1.29 is 22.5 Å². The molecule has 0 aromatic heterocycles. The Kier molecular flexibility index (Phi) is 4.56. The van der Waals surface area contributed by atoms with E-state index in [-0.39, 0.29) is 24.4 Å². The number of carboxylic acid groups (broad SMARTS) is 1. The second kappa shape index (κ2) is 6.02. The Morgan fingerprint density at radius 1 is 1.20 bits per heavy atom. The lowest BCUT2D eigenvalue weighted by Gasteiger charge is -2.25. The summed E-state index contributed by atoms with van der Waals surface area (Å²) in [6, 6.07) is 5.84. The fourth-order valence-corrected chi connectivity index (χ4v) is 4.69. The molecule has 1 aromatic rings. The molecule has 0 saturated carbocycles. The molecule has 6 nitrogen and oxygen atoms in total. The Morgan fingerprint density at radius 2 is 1.75 bits per heavy atom. The van der Waals surface area contributed by atoms with Crippen molar-refractivity contribution in [3.8, 4) is 0 Å². The van der Waals surface area contributed by atoms with Crippen LogP contribution in [-0.4, -0.2) is 52.6 Å². The first kappa shape index (κ1) is 15.1. The first-order chi connectivity index (χ1) is 9.39. The van der Waals surface area contributed by atoms with Gasteiger partial charge in [-0.2, -0.15) is 4.31 Å². The van der Waals surface area contributed by atoms with E-state index >= 15 is 0 Å². The van der Waals surface area contributed by atoms with Crippen LogP contribution >= 0.6 is 0 Å². The molecule has 1 heterocycles. The summed E-state index contributed by atoms with van der Waals surface area (Å²) in [5, 5.41) is 8.67. The standard InChI is InChI=1S/C12H15NO5S2/c14-12(15)9-10-1-3-11(4-2-10)20(17,18)13-5-7-19(16)8-6-13/h1-4H,5-9H2,(H,14,15). The summed E-state index contributed by atoms with van der Waals surface area (Å²) in [5.74, 6) is -0.244. The third-order valence-electron chi connectivity index (χ3n) is 3.05. The quantitative estimate of drug-likeness (QED) is 0.848. The largest absolute Gasteiger partial charge is 0.481 e. The van der Waals surface area contributed by atoms with Crippen LogP contribution in [0.5, 0.6) is 0 Å². The molecule has 0 unspecified atom stereocenters. The van der Waals surface area contributed by atoms with Crippen molar-refractivity contribution in [1.82, 2.24) is 4.31 Å². The fraction of sp³-hybridized carbons (Fsp3) is 0.417. The predicted octanol–water partition coefficient (Wildman–Crippen LogP) is 0.0667. The van der Waals surface area contributed by atoms with Crippen molar-refractivity contribution in [2.75, 3.05) is 24.6 Å². The minimum atomic E-state index is -3.58. The summed E-state index contributed by atoms with van der Waals surface area (Å²) < 4.78 is 37.2. The lowest BCUT2D eigenvalue weighted by atomic mass is 10.2. The molecule has 1 saturated heterocycles. The van der Waals surface area contributed by atoms with Gasteiger partial charge in [-0.25, -0.2) is 8.42 Å². The molecule has 110 valence electrons. The Morgan fingerprint density at radius 3 is 2.25 bits per heavy atom. The number of aliphatic carboxylic acids is 1. The van der Waals surface area contributed by atoms with Crippen LogP contribution in [0.1, 0.15) is 5.56 Å². The van der Waals surface area contributed by atoms with Gasteiger partial charge in [0, 0.05) is 35.4 Å². The number of sulfonamides is 1. The van der Waals surface area contributed by atoms with Crippen LogP contribution in [0.4, 0.5) is 0 Å². The van der Waals surface area contributed by atoms with Gasteiger partial charge < -0.3 is 5.11 Å². The summed E-state index contributed by atoms with van der Waals surface area (Å²) in [4.78, 5) is 10.7. The topological polar surface area (TPSA) is 91.8 Å². The number of hydrogen-bond donors (Lipinski definition) is 1. The number of rotatable bonds is 4. The number of carbonyl (C=O) groups is 1. The van der Waals surface area contributed by atoms with Gasteiger partial charge in [-0.15, -0.1) is 0 Å². The van der Waals surface area contributed by atoms with Crippen LogP contribution in [0.25, 0.3) is 0 Å². The zero-order valence-corrected chi connectivity index (χ0v) is 12.3. The predicted molar refractivity (Wildman–Crippen MR) is 74.4 cm³/mol. The third-order valence-corrected chi connectivity index (χ3v) is 6.24. The Labute approximate surface area is 119 Å². The zero-order valence-electron chi connectivity index (χ0n) is 10.7. The van der Waals surface area contributed by atoms with Gasteiger partial charge >= 0.3 is 5.97 Å². The van der Waals surface area contributed by atoms with E-state index in [1.165, 1.54) is 28.6 Å². The summed E-state index contributed by atoms with van der Waals surface area (Å²) in [6.07, 6.45) is -0.136. The molecule has 0 spiro atoms. The van der Waals surface area contributed by atoms with E-state index in [0.29, 0.717) is 17.1 Å². The molecule has 1 aliphatic rings. The van der Waals surface area contributed by atoms with Crippen LogP contribution in [0.3, 0.4) is 0 Å². The summed E-state index contributed by atoms with van der Waals surface area (Å²) in [6.45, 7) is 0.512. The molecular formula is C12H15NO5S2. The Bertz CT molecular complexity index is 614. The van der Waals surface area contributed by atoms with E-state index in [2.05, 4.69) is 0 Å². The molecular weight excluding hydrogens is 302 g/mol. The van der Waals surface area contributed by atoms with Gasteiger partial charge in [0.1, 0.15) is 0 Å². The van der Waals surface area contributed by atoms with Crippen LogP contribution < -0.4 is 0 Å². The Balaban J connectivity index is 2.17. The second-order valence-electron chi connectivity index (χ2n) is 4.47. The fourth-order valence-electron chi connectivity index (χ4n) is 1.96. The molecule has 1 aliphatic heterocycles. The highest BCUT2D eigenvalue weighted by molar-refractivity contribution is 7.89. The van der Waals surface area contributed by atoms with Crippen molar-refractivity contribution >= 4 is 26.8 Å². The first-order valence-corrected chi connectivity index (χ1v) is 8.98. The van der Waals surface area contributed by atoms with Crippen molar-refractivity contribution in [3.63, 3.8) is 0 Å². The molecule has 20 heavy (non-hydrogen) atoms. The molecule has 0 bridgehead atoms. The van der Waals surface area contributed by atoms with Gasteiger partial charge in [-0.05, 0) is 17.7 Å². The van der Waals surface area contributed by atoms with Gasteiger partial charge in [-0.1, -0.05) is 12.1 Å². The maximum atomic E-state index is 12.3. The molecule has 0 aliphatic carbocycles. The average molecular weight is 317 g/mol. The van der Waals surface area contributed by atoms with Crippen LogP contribution in [0.2, 0.25) is 0 Å². The maximum Gasteiger partial charge on any atom is 0.307 e. The molecule has 1 fully saturated rings. The van der Waals surface area contributed by atoms with Crippen LogP contribution in [0.15, 0.2) is 29.2 Å². The highest BCUT2D eigenvalue weighted by atomic mass is 32.2. The van der Waals surface area contributed by atoms with Crippen LogP contribution in [0, 0.1) is 0 Å². The van der Waals surface area contributed by atoms with Crippen molar-refractivity contribution in [1.29, 1.82) is 0 Å². The van der Waals surface area contributed by atoms with Crippen LogP contribution in [-0.2, 0) is 32.0 Å². The normalized spacial score (nSPS) is 18.0. The second-order valence-corrected chi connectivity index (χ2v) is 8.10. The average Bonchev–Trinajstić information content (AvgIpc) is 2.39. The van der Waals surface area contributed by atoms with E-state index in [0.717, 1.165) is 0 Å². The lowest BCUT2D eigenvalue weighted by molar-refractivity contribution is -0.136. The first-order valence-electron chi connectivity index (χ1n) is 6.05. The number of benzene rings is 1. The monoisotopic (exact) mass is 317 g/mol. The highest BCUT2D eigenvalue weighted by Crippen LogP contribution is 2.18. The number of nitrogens with zero attached hydrogens (tertiary/aromatic N) is 1. The van der Waals surface area contributed by atoms with Gasteiger partial charge in [0.05, 0.1) is 11.3 Å². The smallest absolute Gasteiger partial charge is 0.307 e. The molecule has 0 radical (unpaired) electrons. The maximum absolute atomic E-state index is 12.3. The Hall–Kier alpha value is -1.25. The minimum absolute atomic E-state index is 0.136. The van der Waals surface area contributed by atoms with Gasteiger partial charge in [0.2, 0.25) is 10.0 Å². The van der Waals surface area contributed by atoms with Crippen molar-refractivity contribution in [2.24, 2.45) is 0 Å². The minimum Gasteiger partial charge on any atom is -0.481 e. The molecule has 0 amide bonds. The molecule has 2 rings (SSSR count). The number of carboxylic acids is 1.